The van der Waals surface area contributed by atoms with Crippen molar-refractivity contribution in [3.8, 4) is 0 Å². The molecule has 1 aromatic heterocycles. The summed E-state index contributed by atoms with van der Waals surface area (Å²) in [7, 11) is 0. The molecule has 0 unspecified atom stereocenters. The van der Waals surface area contributed by atoms with Crippen LogP contribution >= 0.6 is 0 Å². The van der Waals surface area contributed by atoms with Crippen LogP contribution in [0.15, 0.2) is 60.8 Å². The minimum Gasteiger partial charge on any atom is -0.355 e. The molecule has 4 rings (SSSR count). The van der Waals surface area contributed by atoms with Crippen LogP contribution in [0.5, 0.6) is 0 Å². The SMILES string of the molecule is O=C(Nc1ccc(N2CCCN(Cc3ccc(F)cc3F)CC2)nc1)c1cccc(C(F)(F)F)c1. The summed E-state index contributed by atoms with van der Waals surface area (Å²) in [5.74, 6) is -1.13. The number of hydrogen-bond acceptors (Lipinski definition) is 4. The maximum absolute atomic E-state index is 14.0. The first-order valence-electron chi connectivity index (χ1n) is 11.0. The maximum Gasteiger partial charge on any atom is 0.416 e. The Kier molecular flexibility index (Phi) is 7.30. The molecule has 0 atom stereocenters. The number of nitrogens with one attached hydrogen (secondary N) is 1. The van der Waals surface area contributed by atoms with Crippen LogP contribution in [-0.2, 0) is 12.7 Å². The van der Waals surface area contributed by atoms with Crippen molar-refractivity contribution in [1.29, 1.82) is 0 Å². The van der Waals surface area contributed by atoms with Crippen molar-refractivity contribution in [2.75, 3.05) is 36.4 Å². The number of hydrogen-bond donors (Lipinski definition) is 1. The summed E-state index contributed by atoms with van der Waals surface area (Å²) >= 11 is 0. The topological polar surface area (TPSA) is 48.5 Å². The fraction of sp³-hybridized carbons (Fsp3) is 0.280. The Labute approximate surface area is 199 Å². The van der Waals surface area contributed by atoms with Crippen LogP contribution in [0.2, 0.25) is 0 Å². The van der Waals surface area contributed by atoms with E-state index >= 15 is 0 Å². The smallest absolute Gasteiger partial charge is 0.355 e. The predicted octanol–water partition coefficient (Wildman–Crippen LogP) is 5.34. The van der Waals surface area contributed by atoms with Crippen molar-refractivity contribution >= 4 is 17.4 Å². The summed E-state index contributed by atoms with van der Waals surface area (Å²) in [6, 6.07) is 11.2. The molecule has 0 aliphatic carbocycles. The number of pyridine rings is 1. The van der Waals surface area contributed by atoms with Gasteiger partial charge in [0.2, 0.25) is 0 Å². The second-order valence-electron chi connectivity index (χ2n) is 8.29. The van der Waals surface area contributed by atoms with E-state index in [4.69, 9.17) is 0 Å². The van der Waals surface area contributed by atoms with Crippen molar-refractivity contribution in [2.45, 2.75) is 19.1 Å². The van der Waals surface area contributed by atoms with Gasteiger partial charge in [-0.25, -0.2) is 13.8 Å². The molecule has 0 radical (unpaired) electrons. The number of carbonyl (C=O) groups excluding carboxylic acids is 1. The van der Waals surface area contributed by atoms with E-state index in [1.165, 1.54) is 30.5 Å². The van der Waals surface area contributed by atoms with Crippen molar-refractivity contribution in [1.82, 2.24) is 9.88 Å². The van der Waals surface area contributed by atoms with Gasteiger partial charge in [0.15, 0.2) is 0 Å². The highest BCUT2D eigenvalue weighted by molar-refractivity contribution is 6.04. The van der Waals surface area contributed by atoms with Gasteiger partial charge < -0.3 is 10.2 Å². The van der Waals surface area contributed by atoms with E-state index in [1.807, 2.05) is 0 Å². The Hall–Kier alpha value is -3.53. The van der Waals surface area contributed by atoms with Gasteiger partial charge in [-0.2, -0.15) is 13.2 Å². The number of benzene rings is 2. The van der Waals surface area contributed by atoms with Crippen LogP contribution in [-0.4, -0.2) is 42.0 Å². The number of aromatic nitrogens is 1. The Morgan fingerprint density at radius 2 is 1.80 bits per heavy atom. The third kappa shape index (κ3) is 6.33. The zero-order valence-electron chi connectivity index (χ0n) is 18.7. The lowest BCUT2D eigenvalue weighted by atomic mass is 10.1. The van der Waals surface area contributed by atoms with Crippen LogP contribution in [0.1, 0.15) is 27.9 Å². The standard InChI is InChI=1S/C25H23F5N4O/c26-20-6-5-18(22(27)14-20)16-33-9-2-10-34(12-11-33)23-8-7-21(15-31-23)32-24(35)17-3-1-4-19(13-17)25(28,29)30/h1,3-8,13-15H,2,9-12,16H2,(H,32,35). The van der Waals surface area contributed by atoms with E-state index in [0.29, 0.717) is 36.7 Å². The van der Waals surface area contributed by atoms with Crippen molar-refractivity contribution < 1.29 is 26.7 Å². The zero-order chi connectivity index (χ0) is 25.0. The molecule has 35 heavy (non-hydrogen) atoms. The molecule has 1 aliphatic heterocycles. The fourth-order valence-corrected chi connectivity index (χ4v) is 3.94. The average molecular weight is 490 g/mol. The molecule has 0 spiro atoms. The largest absolute Gasteiger partial charge is 0.416 e. The number of halogens is 5. The number of carbonyl (C=O) groups is 1. The van der Waals surface area contributed by atoms with Gasteiger partial charge in [0.25, 0.3) is 5.91 Å². The summed E-state index contributed by atoms with van der Waals surface area (Å²) in [6.45, 7) is 3.16. The molecule has 0 saturated carbocycles. The molecular formula is C25H23F5N4O. The van der Waals surface area contributed by atoms with Gasteiger partial charge in [-0.3, -0.25) is 9.69 Å². The lowest BCUT2D eigenvalue weighted by molar-refractivity contribution is -0.137. The normalized spacial score (nSPS) is 15.1. The summed E-state index contributed by atoms with van der Waals surface area (Å²) in [5, 5.41) is 2.57. The summed E-state index contributed by atoms with van der Waals surface area (Å²) in [6.07, 6.45) is -2.26. The molecule has 0 bridgehead atoms. The quantitative estimate of drug-likeness (QED) is 0.491. The van der Waals surface area contributed by atoms with Gasteiger partial charge in [0, 0.05) is 49.9 Å². The Morgan fingerprint density at radius 3 is 2.51 bits per heavy atom. The molecule has 5 nitrogen and oxygen atoms in total. The number of alkyl halides is 3. The summed E-state index contributed by atoms with van der Waals surface area (Å²) in [4.78, 5) is 20.9. The molecular weight excluding hydrogens is 467 g/mol. The Morgan fingerprint density at radius 1 is 0.971 bits per heavy atom. The second kappa shape index (κ2) is 10.4. The number of nitrogens with zero attached hydrogens (tertiary/aromatic N) is 3. The molecule has 1 N–H and O–H groups in total. The number of amides is 1. The molecule has 3 aromatic rings. The molecule has 184 valence electrons. The Bertz CT molecular complexity index is 1180. The first-order valence-corrected chi connectivity index (χ1v) is 11.0. The van der Waals surface area contributed by atoms with Gasteiger partial charge >= 0.3 is 6.18 Å². The zero-order valence-corrected chi connectivity index (χ0v) is 18.7. The van der Waals surface area contributed by atoms with Gasteiger partial charge in [-0.1, -0.05) is 12.1 Å². The van der Waals surface area contributed by atoms with Crippen molar-refractivity contribution in [2.24, 2.45) is 0 Å². The monoisotopic (exact) mass is 490 g/mol. The van der Waals surface area contributed by atoms with E-state index in [-0.39, 0.29) is 5.56 Å². The highest BCUT2D eigenvalue weighted by atomic mass is 19.4. The number of rotatable bonds is 5. The molecule has 1 aliphatic rings. The van der Waals surface area contributed by atoms with E-state index in [1.54, 1.807) is 12.1 Å². The minimum absolute atomic E-state index is 0.103. The van der Waals surface area contributed by atoms with Crippen LogP contribution in [0.25, 0.3) is 0 Å². The van der Waals surface area contributed by atoms with E-state index in [9.17, 15) is 26.7 Å². The van der Waals surface area contributed by atoms with E-state index in [0.717, 1.165) is 37.7 Å². The highest BCUT2D eigenvalue weighted by Crippen LogP contribution is 2.29. The first kappa shape index (κ1) is 24.6. The summed E-state index contributed by atoms with van der Waals surface area (Å²) in [5.41, 5.74) is -0.191. The number of anilines is 2. The van der Waals surface area contributed by atoms with Crippen LogP contribution in [0.4, 0.5) is 33.5 Å². The fourth-order valence-electron chi connectivity index (χ4n) is 3.94. The third-order valence-corrected chi connectivity index (χ3v) is 5.78. The molecule has 1 fully saturated rings. The molecule has 1 saturated heterocycles. The average Bonchev–Trinajstić information content (AvgIpc) is 3.06. The predicted molar refractivity (Wildman–Crippen MR) is 122 cm³/mol. The second-order valence-corrected chi connectivity index (χ2v) is 8.29. The lowest BCUT2D eigenvalue weighted by Gasteiger charge is -2.23. The van der Waals surface area contributed by atoms with Crippen LogP contribution in [0, 0.1) is 11.6 Å². The van der Waals surface area contributed by atoms with Crippen LogP contribution < -0.4 is 10.2 Å². The molecule has 2 aromatic carbocycles. The van der Waals surface area contributed by atoms with Gasteiger partial charge in [0.1, 0.15) is 17.5 Å². The van der Waals surface area contributed by atoms with Gasteiger partial charge in [-0.15, -0.1) is 0 Å². The summed E-state index contributed by atoms with van der Waals surface area (Å²) < 4.78 is 65.8. The van der Waals surface area contributed by atoms with Gasteiger partial charge in [0.05, 0.1) is 17.4 Å². The van der Waals surface area contributed by atoms with Crippen molar-refractivity contribution in [3.05, 3.63) is 89.1 Å². The highest BCUT2D eigenvalue weighted by Gasteiger charge is 2.31. The van der Waals surface area contributed by atoms with Gasteiger partial charge in [-0.05, 0) is 42.8 Å². The van der Waals surface area contributed by atoms with E-state index < -0.39 is 29.3 Å². The van der Waals surface area contributed by atoms with Crippen LogP contribution in [0.3, 0.4) is 0 Å². The third-order valence-electron chi connectivity index (χ3n) is 5.78. The maximum atomic E-state index is 14.0. The van der Waals surface area contributed by atoms with E-state index in [2.05, 4.69) is 20.1 Å². The van der Waals surface area contributed by atoms with Crippen molar-refractivity contribution in [3.63, 3.8) is 0 Å². The molecule has 2 heterocycles. The molecule has 1 amide bonds. The molecule has 10 heteroatoms. The Balaban J connectivity index is 1.35. The first-order chi connectivity index (χ1) is 16.7. The minimum atomic E-state index is -4.53. The lowest BCUT2D eigenvalue weighted by Crippen LogP contribution is -2.31.